The van der Waals surface area contributed by atoms with Crippen LogP contribution < -0.4 is 9.64 Å². The number of ether oxygens (including phenoxy) is 1. The lowest BCUT2D eigenvalue weighted by Gasteiger charge is -2.36. The van der Waals surface area contributed by atoms with Crippen LogP contribution in [0, 0.1) is 0 Å². The van der Waals surface area contributed by atoms with Crippen molar-refractivity contribution in [1.82, 2.24) is 14.9 Å². The molecule has 0 fully saturated rings. The zero-order valence-corrected chi connectivity index (χ0v) is 15.1. The molecule has 132 valence electrons. The van der Waals surface area contributed by atoms with Crippen LogP contribution >= 0.6 is 0 Å². The van der Waals surface area contributed by atoms with E-state index in [9.17, 15) is 9.59 Å². The summed E-state index contributed by atoms with van der Waals surface area (Å²) in [4.78, 5) is 36.3. The van der Waals surface area contributed by atoms with E-state index in [-0.39, 0.29) is 11.9 Å². The lowest BCUT2D eigenvalue weighted by atomic mass is 10.1. The second-order valence-corrected chi connectivity index (χ2v) is 6.36. The fraction of sp³-hybridized carbons (Fsp3) is 0.333. The summed E-state index contributed by atoms with van der Waals surface area (Å²) in [6.07, 6.45) is 3.07. The van der Waals surface area contributed by atoms with Gasteiger partial charge in [0.1, 0.15) is 5.75 Å². The van der Waals surface area contributed by atoms with Gasteiger partial charge in [0.2, 0.25) is 11.9 Å². The molecule has 7 heteroatoms. The highest BCUT2D eigenvalue weighted by Crippen LogP contribution is 2.33. The monoisotopic (exact) mass is 342 g/mol. The highest BCUT2D eigenvalue weighted by molar-refractivity contribution is 6.06. The largest absolute Gasteiger partial charge is 0.495 e. The van der Waals surface area contributed by atoms with Gasteiger partial charge in [0, 0.05) is 24.9 Å². The lowest BCUT2D eigenvalue weighted by molar-refractivity contribution is -0.129. The Morgan fingerprint density at radius 3 is 2.16 bits per heavy atom. The molecule has 0 unspecified atom stereocenters. The Kier molecular flexibility index (Phi) is 5.36. The number of para-hydroxylation sites is 2. The molecular weight excluding hydrogens is 320 g/mol. The molecule has 2 aromatic rings. The number of benzene rings is 1. The standard InChI is InChI=1S/C18H22N4O3/c1-13(23)22(18(2,3)4)17(24)21(16-19-11-8-12-20-16)14-9-6-7-10-15(14)25-5/h6-12H,1-5H3. The second-order valence-electron chi connectivity index (χ2n) is 6.36. The maximum absolute atomic E-state index is 13.3. The molecule has 2 rings (SSSR count). The minimum atomic E-state index is -0.710. The summed E-state index contributed by atoms with van der Waals surface area (Å²) in [5, 5.41) is 0. The molecule has 0 aliphatic rings. The summed E-state index contributed by atoms with van der Waals surface area (Å²) in [5.41, 5.74) is -0.255. The van der Waals surface area contributed by atoms with Gasteiger partial charge < -0.3 is 4.74 Å². The van der Waals surface area contributed by atoms with E-state index in [1.54, 1.807) is 51.1 Å². The summed E-state index contributed by atoms with van der Waals surface area (Å²) >= 11 is 0. The van der Waals surface area contributed by atoms with Crippen molar-refractivity contribution in [3.05, 3.63) is 42.7 Å². The molecule has 0 bridgehead atoms. The molecular formula is C18H22N4O3. The van der Waals surface area contributed by atoms with Crippen LogP contribution in [0.5, 0.6) is 5.75 Å². The average Bonchev–Trinajstić information content (AvgIpc) is 2.55. The molecule has 25 heavy (non-hydrogen) atoms. The van der Waals surface area contributed by atoms with Crippen LogP contribution in [0.25, 0.3) is 0 Å². The SMILES string of the molecule is COc1ccccc1N(C(=O)N(C(C)=O)C(C)(C)C)c1ncccn1. The van der Waals surface area contributed by atoms with Gasteiger partial charge in [-0.3, -0.25) is 9.69 Å². The van der Waals surface area contributed by atoms with E-state index in [2.05, 4.69) is 9.97 Å². The van der Waals surface area contributed by atoms with E-state index >= 15 is 0 Å². The molecule has 1 heterocycles. The number of nitrogens with zero attached hydrogens (tertiary/aromatic N) is 4. The van der Waals surface area contributed by atoms with Crippen molar-refractivity contribution >= 4 is 23.6 Å². The first-order valence-electron chi connectivity index (χ1n) is 7.82. The Labute approximate surface area is 147 Å². The third kappa shape index (κ3) is 3.93. The summed E-state index contributed by atoms with van der Waals surface area (Å²) < 4.78 is 5.37. The Morgan fingerprint density at radius 2 is 1.64 bits per heavy atom. The highest BCUT2D eigenvalue weighted by Gasteiger charge is 2.36. The summed E-state index contributed by atoms with van der Waals surface area (Å²) in [5.74, 6) is 0.265. The summed E-state index contributed by atoms with van der Waals surface area (Å²) in [6.45, 7) is 6.73. The van der Waals surface area contributed by atoms with Crippen molar-refractivity contribution < 1.29 is 14.3 Å². The van der Waals surface area contributed by atoms with Gasteiger partial charge in [-0.1, -0.05) is 12.1 Å². The number of methoxy groups -OCH3 is 1. The van der Waals surface area contributed by atoms with Gasteiger partial charge in [-0.15, -0.1) is 0 Å². The number of hydrogen-bond donors (Lipinski definition) is 0. The van der Waals surface area contributed by atoms with Crippen LogP contribution in [0.15, 0.2) is 42.7 Å². The summed E-state index contributed by atoms with van der Waals surface area (Å²) in [7, 11) is 1.51. The molecule has 7 nitrogen and oxygen atoms in total. The normalized spacial score (nSPS) is 10.9. The maximum Gasteiger partial charge on any atom is 0.338 e. The van der Waals surface area contributed by atoms with E-state index in [0.29, 0.717) is 11.4 Å². The van der Waals surface area contributed by atoms with E-state index in [1.807, 2.05) is 0 Å². The number of carbonyl (C=O) groups is 2. The topological polar surface area (TPSA) is 75.6 Å². The molecule has 0 spiro atoms. The van der Waals surface area contributed by atoms with Gasteiger partial charge in [-0.05, 0) is 39.0 Å². The fourth-order valence-electron chi connectivity index (χ4n) is 2.51. The Bertz CT molecular complexity index is 756. The predicted molar refractivity (Wildman–Crippen MR) is 94.8 cm³/mol. The number of carbonyl (C=O) groups excluding carboxylic acids is 2. The van der Waals surface area contributed by atoms with Gasteiger partial charge in [0.25, 0.3) is 0 Å². The number of amides is 3. The number of aromatic nitrogens is 2. The molecule has 0 atom stereocenters. The maximum atomic E-state index is 13.3. The number of rotatable bonds is 3. The number of anilines is 2. The van der Waals surface area contributed by atoms with Crippen molar-refractivity contribution in [3.8, 4) is 5.75 Å². The Hall–Kier alpha value is -2.96. The molecule has 0 radical (unpaired) electrons. The van der Waals surface area contributed by atoms with Crippen molar-refractivity contribution in [3.63, 3.8) is 0 Å². The van der Waals surface area contributed by atoms with Crippen molar-refractivity contribution in [2.75, 3.05) is 12.0 Å². The van der Waals surface area contributed by atoms with Gasteiger partial charge in [0.05, 0.1) is 12.8 Å². The fourth-order valence-corrected chi connectivity index (χ4v) is 2.51. The minimum Gasteiger partial charge on any atom is -0.495 e. The molecule has 0 aliphatic carbocycles. The smallest absolute Gasteiger partial charge is 0.338 e. The number of hydrogen-bond acceptors (Lipinski definition) is 5. The van der Waals surface area contributed by atoms with Crippen molar-refractivity contribution in [1.29, 1.82) is 0 Å². The van der Waals surface area contributed by atoms with E-state index in [4.69, 9.17) is 4.74 Å². The number of imide groups is 1. The van der Waals surface area contributed by atoms with Crippen molar-refractivity contribution in [2.24, 2.45) is 0 Å². The molecule has 3 amide bonds. The van der Waals surface area contributed by atoms with Crippen LogP contribution in [-0.4, -0.2) is 39.5 Å². The van der Waals surface area contributed by atoms with Crippen LogP contribution in [0.3, 0.4) is 0 Å². The average molecular weight is 342 g/mol. The lowest BCUT2D eigenvalue weighted by Crippen LogP contribution is -2.53. The second kappa shape index (κ2) is 7.29. The van der Waals surface area contributed by atoms with E-state index in [0.717, 1.165) is 0 Å². The first-order valence-corrected chi connectivity index (χ1v) is 7.82. The number of urea groups is 1. The molecule has 0 N–H and O–H groups in total. The zero-order valence-electron chi connectivity index (χ0n) is 15.1. The quantitative estimate of drug-likeness (QED) is 0.854. The Morgan fingerprint density at radius 1 is 1.04 bits per heavy atom. The third-order valence-corrected chi connectivity index (χ3v) is 3.45. The van der Waals surface area contributed by atoms with E-state index < -0.39 is 11.6 Å². The van der Waals surface area contributed by atoms with Crippen LogP contribution in [-0.2, 0) is 4.79 Å². The van der Waals surface area contributed by atoms with Crippen LogP contribution in [0.2, 0.25) is 0 Å². The zero-order chi connectivity index (χ0) is 18.6. The van der Waals surface area contributed by atoms with Gasteiger partial charge in [-0.2, -0.15) is 0 Å². The van der Waals surface area contributed by atoms with Crippen LogP contribution in [0.4, 0.5) is 16.4 Å². The molecule has 0 saturated carbocycles. The minimum absolute atomic E-state index is 0.160. The predicted octanol–water partition coefficient (Wildman–Crippen LogP) is 3.39. The Balaban J connectivity index is 2.64. The van der Waals surface area contributed by atoms with Crippen LogP contribution in [0.1, 0.15) is 27.7 Å². The summed E-state index contributed by atoms with van der Waals surface area (Å²) in [6, 6.07) is 8.12. The van der Waals surface area contributed by atoms with Gasteiger partial charge in [0.15, 0.2) is 0 Å². The first kappa shape index (κ1) is 18.4. The van der Waals surface area contributed by atoms with Gasteiger partial charge in [-0.25, -0.2) is 19.7 Å². The first-order chi connectivity index (χ1) is 11.8. The molecule has 0 aliphatic heterocycles. The van der Waals surface area contributed by atoms with Gasteiger partial charge >= 0.3 is 6.03 Å². The third-order valence-electron chi connectivity index (χ3n) is 3.45. The highest BCUT2D eigenvalue weighted by atomic mass is 16.5. The van der Waals surface area contributed by atoms with Crippen molar-refractivity contribution in [2.45, 2.75) is 33.2 Å². The van der Waals surface area contributed by atoms with E-state index in [1.165, 1.54) is 36.2 Å². The molecule has 1 aromatic heterocycles. The molecule has 1 aromatic carbocycles. The molecule has 0 saturated heterocycles.